The summed E-state index contributed by atoms with van der Waals surface area (Å²) < 4.78 is 0.996. The van der Waals surface area contributed by atoms with E-state index in [1.807, 2.05) is 6.07 Å². The first-order chi connectivity index (χ1) is 7.22. The fourth-order valence-corrected chi connectivity index (χ4v) is 2.57. The van der Waals surface area contributed by atoms with Gasteiger partial charge in [-0.25, -0.2) is 4.98 Å². The van der Waals surface area contributed by atoms with Crippen molar-refractivity contribution in [3.05, 3.63) is 21.8 Å². The van der Waals surface area contributed by atoms with Crippen LogP contribution in [0, 0.1) is 0 Å². The van der Waals surface area contributed by atoms with E-state index in [2.05, 4.69) is 32.7 Å². The number of hydrogen-bond donors (Lipinski definition) is 0. The van der Waals surface area contributed by atoms with Crippen molar-refractivity contribution in [2.24, 2.45) is 0 Å². The Bertz CT molecular complexity index is 352. The zero-order chi connectivity index (χ0) is 10.8. The number of anilines is 1. The average molecular weight is 290 g/mol. The molecule has 0 aromatic carbocycles. The van der Waals surface area contributed by atoms with Gasteiger partial charge >= 0.3 is 0 Å². The Morgan fingerprint density at radius 1 is 1.60 bits per heavy atom. The van der Waals surface area contributed by atoms with Gasteiger partial charge in [0.1, 0.15) is 5.82 Å². The minimum absolute atomic E-state index is 0.679. The van der Waals surface area contributed by atoms with E-state index >= 15 is 0 Å². The zero-order valence-electron chi connectivity index (χ0n) is 8.71. The summed E-state index contributed by atoms with van der Waals surface area (Å²) in [6.07, 6.45) is 5.44. The summed E-state index contributed by atoms with van der Waals surface area (Å²) >= 11 is 9.41. The molecule has 0 amide bonds. The molecule has 2 rings (SSSR count). The van der Waals surface area contributed by atoms with Crippen LogP contribution < -0.4 is 4.90 Å². The lowest BCUT2D eigenvalue weighted by molar-refractivity contribution is 0.748. The van der Waals surface area contributed by atoms with Gasteiger partial charge in [0.05, 0.1) is 9.50 Å². The Hall–Kier alpha value is -0.280. The molecule has 15 heavy (non-hydrogen) atoms. The standard InChI is InChI=1S/C11H14BrClN2/c1-2-5-15(9-3-4-9)11-10(12)6-8(13)7-14-11/h6-7,9H,2-5H2,1H3. The van der Waals surface area contributed by atoms with Gasteiger partial charge in [0.25, 0.3) is 0 Å². The second-order valence-corrected chi connectivity index (χ2v) is 5.17. The van der Waals surface area contributed by atoms with Crippen molar-refractivity contribution in [2.45, 2.75) is 32.2 Å². The molecule has 1 saturated carbocycles. The van der Waals surface area contributed by atoms with Crippen LogP contribution in [0.15, 0.2) is 16.7 Å². The van der Waals surface area contributed by atoms with Crippen LogP contribution in [0.2, 0.25) is 5.02 Å². The highest BCUT2D eigenvalue weighted by atomic mass is 79.9. The number of rotatable bonds is 4. The van der Waals surface area contributed by atoms with E-state index in [9.17, 15) is 0 Å². The Morgan fingerprint density at radius 3 is 2.87 bits per heavy atom. The summed E-state index contributed by atoms with van der Waals surface area (Å²) in [7, 11) is 0. The minimum atomic E-state index is 0.679. The van der Waals surface area contributed by atoms with Crippen molar-refractivity contribution >= 4 is 33.3 Å². The maximum Gasteiger partial charge on any atom is 0.143 e. The van der Waals surface area contributed by atoms with Crippen LogP contribution >= 0.6 is 27.5 Å². The molecule has 1 heterocycles. The highest BCUT2D eigenvalue weighted by Crippen LogP contribution is 2.35. The predicted molar refractivity (Wildman–Crippen MR) is 67.6 cm³/mol. The van der Waals surface area contributed by atoms with E-state index in [0.29, 0.717) is 11.1 Å². The average Bonchev–Trinajstić information content (AvgIpc) is 2.98. The van der Waals surface area contributed by atoms with E-state index in [-0.39, 0.29) is 0 Å². The smallest absolute Gasteiger partial charge is 0.143 e. The van der Waals surface area contributed by atoms with Gasteiger partial charge in [-0.1, -0.05) is 18.5 Å². The third-order valence-corrected chi connectivity index (χ3v) is 3.30. The molecule has 0 bridgehead atoms. The quantitative estimate of drug-likeness (QED) is 0.836. The number of pyridine rings is 1. The lowest BCUT2D eigenvalue weighted by Crippen LogP contribution is -2.27. The van der Waals surface area contributed by atoms with Crippen molar-refractivity contribution in [3.8, 4) is 0 Å². The van der Waals surface area contributed by atoms with Crippen LogP contribution in [0.25, 0.3) is 0 Å². The van der Waals surface area contributed by atoms with Gasteiger partial charge in [-0.05, 0) is 41.3 Å². The van der Waals surface area contributed by atoms with Gasteiger partial charge in [0.15, 0.2) is 0 Å². The summed E-state index contributed by atoms with van der Waals surface area (Å²) in [5.74, 6) is 1.03. The second kappa shape index (κ2) is 4.71. The molecule has 4 heteroatoms. The number of aromatic nitrogens is 1. The molecule has 1 aliphatic carbocycles. The zero-order valence-corrected chi connectivity index (χ0v) is 11.1. The predicted octanol–water partition coefficient (Wildman–Crippen LogP) is 3.88. The molecule has 1 aliphatic rings. The highest BCUT2D eigenvalue weighted by molar-refractivity contribution is 9.10. The van der Waals surface area contributed by atoms with Gasteiger partial charge in [-0.15, -0.1) is 0 Å². The van der Waals surface area contributed by atoms with Crippen molar-refractivity contribution in [2.75, 3.05) is 11.4 Å². The molecule has 0 atom stereocenters. The van der Waals surface area contributed by atoms with E-state index in [0.717, 1.165) is 23.3 Å². The Balaban J connectivity index is 2.24. The summed E-state index contributed by atoms with van der Waals surface area (Å²) in [6, 6.07) is 2.60. The van der Waals surface area contributed by atoms with E-state index in [1.54, 1.807) is 6.20 Å². The molecule has 0 unspecified atom stereocenters. The third kappa shape index (κ3) is 2.64. The second-order valence-electron chi connectivity index (χ2n) is 3.88. The van der Waals surface area contributed by atoms with Crippen LogP contribution in [0.3, 0.4) is 0 Å². The topological polar surface area (TPSA) is 16.1 Å². The first kappa shape index (κ1) is 11.2. The first-order valence-corrected chi connectivity index (χ1v) is 6.47. The Kier molecular flexibility index (Phi) is 3.52. The number of nitrogens with zero attached hydrogens (tertiary/aromatic N) is 2. The SMILES string of the molecule is CCCN(c1ncc(Cl)cc1Br)C1CC1. The van der Waals surface area contributed by atoms with Gasteiger partial charge in [-0.3, -0.25) is 0 Å². The minimum Gasteiger partial charge on any atom is -0.353 e. The molecule has 0 N–H and O–H groups in total. The monoisotopic (exact) mass is 288 g/mol. The Labute approximate surface area is 104 Å². The lowest BCUT2D eigenvalue weighted by Gasteiger charge is -2.23. The van der Waals surface area contributed by atoms with Gasteiger partial charge in [0.2, 0.25) is 0 Å². The largest absolute Gasteiger partial charge is 0.353 e. The maximum atomic E-state index is 5.88. The molecule has 1 aromatic heterocycles. The fourth-order valence-electron chi connectivity index (χ4n) is 1.71. The molecule has 0 aliphatic heterocycles. The summed E-state index contributed by atoms with van der Waals surface area (Å²) in [5, 5.41) is 0.679. The molecule has 0 radical (unpaired) electrons. The van der Waals surface area contributed by atoms with Crippen molar-refractivity contribution in [1.82, 2.24) is 4.98 Å². The molecule has 1 fully saturated rings. The van der Waals surface area contributed by atoms with Gasteiger partial charge in [0, 0.05) is 18.8 Å². The molecule has 0 spiro atoms. The van der Waals surface area contributed by atoms with Crippen LogP contribution in [0.5, 0.6) is 0 Å². The van der Waals surface area contributed by atoms with Crippen LogP contribution in [0.4, 0.5) is 5.82 Å². The van der Waals surface area contributed by atoms with Crippen LogP contribution in [-0.4, -0.2) is 17.6 Å². The van der Waals surface area contributed by atoms with E-state index < -0.39 is 0 Å². The highest BCUT2D eigenvalue weighted by Gasteiger charge is 2.30. The lowest BCUT2D eigenvalue weighted by atomic mass is 10.3. The van der Waals surface area contributed by atoms with E-state index in [1.165, 1.54) is 12.8 Å². The molecule has 1 aromatic rings. The molecular weight excluding hydrogens is 275 g/mol. The van der Waals surface area contributed by atoms with Crippen molar-refractivity contribution < 1.29 is 0 Å². The summed E-state index contributed by atoms with van der Waals surface area (Å²) in [5.41, 5.74) is 0. The van der Waals surface area contributed by atoms with Crippen molar-refractivity contribution in [3.63, 3.8) is 0 Å². The summed E-state index contributed by atoms with van der Waals surface area (Å²) in [4.78, 5) is 6.78. The van der Waals surface area contributed by atoms with Crippen LogP contribution in [0.1, 0.15) is 26.2 Å². The van der Waals surface area contributed by atoms with Crippen LogP contribution in [-0.2, 0) is 0 Å². The molecule has 82 valence electrons. The normalized spacial score (nSPS) is 15.4. The number of hydrogen-bond acceptors (Lipinski definition) is 2. The fraction of sp³-hybridized carbons (Fsp3) is 0.545. The molecular formula is C11H14BrClN2. The van der Waals surface area contributed by atoms with Gasteiger partial charge in [-0.2, -0.15) is 0 Å². The van der Waals surface area contributed by atoms with E-state index in [4.69, 9.17) is 11.6 Å². The van der Waals surface area contributed by atoms with Crippen molar-refractivity contribution in [1.29, 1.82) is 0 Å². The first-order valence-electron chi connectivity index (χ1n) is 5.30. The third-order valence-electron chi connectivity index (χ3n) is 2.51. The number of halogens is 2. The van der Waals surface area contributed by atoms with Gasteiger partial charge < -0.3 is 4.90 Å². The summed E-state index contributed by atoms with van der Waals surface area (Å²) in [6.45, 7) is 3.26. The molecule has 0 saturated heterocycles. The molecule has 2 nitrogen and oxygen atoms in total. The Morgan fingerprint density at radius 2 is 2.33 bits per heavy atom. The maximum absolute atomic E-state index is 5.88.